The van der Waals surface area contributed by atoms with Crippen LogP contribution in [0.1, 0.15) is 16.3 Å². The highest BCUT2D eigenvalue weighted by Gasteiger charge is 2.11. The second kappa shape index (κ2) is 7.40. The van der Waals surface area contributed by atoms with Crippen molar-refractivity contribution < 1.29 is 9.21 Å². The van der Waals surface area contributed by atoms with Gasteiger partial charge in [0.1, 0.15) is 5.76 Å². The number of rotatable bonds is 5. The highest BCUT2D eigenvalue weighted by molar-refractivity contribution is 7.98. The molecule has 0 bridgehead atoms. The number of carbonyl (C=O) groups excluding carboxylic acids is 1. The molecule has 3 aromatic rings. The number of hydrogen-bond donors (Lipinski definition) is 1. The van der Waals surface area contributed by atoms with Gasteiger partial charge in [0, 0.05) is 15.6 Å². The van der Waals surface area contributed by atoms with E-state index in [1.807, 2.05) is 36.4 Å². The summed E-state index contributed by atoms with van der Waals surface area (Å²) < 4.78 is 5.60. The van der Waals surface area contributed by atoms with Crippen molar-refractivity contribution in [2.24, 2.45) is 0 Å². The summed E-state index contributed by atoms with van der Waals surface area (Å²) in [5.74, 6) is 1.46. The van der Waals surface area contributed by atoms with Gasteiger partial charge >= 0.3 is 0 Å². The lowest BCUT2D eigenvalue weighted by Crippen LogP contribution is -2.10. The number of hydrogen-bond acceptors (Lipinski definition) is 3. The number of benzene rings is 2. The molecule has 5 heteroatoms. The van der Waals surface area contributed by atoms with Crippen LogP contribution in [0.5, 0.6) is 0 Å². The van der Waals surface area contributed by atoms with Crippen molar-refractivity contribution in [3.8, 4) is 0 Å². The lowest BCUT2D eigenvalue weighted by molar-refractivity contribution is 0.0995. The number of anilines is 1. The van der Waals surface area contributed by atoms with Gasteiger partial charge in [0.05, 0.1) is 5.75 Å². The van der Waals surface area contributed by atoms with E-state index in [2.05, 4.69) is 5.32 Å². The van der Waals surface area contributed by atoms with Crippen LogP contribution in [0.2, 0.25) is 5.02 Å². The van der Waals surface area contributed by atoms with Gasteiger partial charge in [0.15, 0.2) is 5.76 Å². The van der Waals surface area contributed by atoms with Crippen LogP contribution in [0.3, 0.4) is 0 Å². The fourth-order valence-corrected chi connectivity index (χ4v) is 2.91. The van der Waals surface area contributed by atoms with Crippen LogP contribution in [0.15, 0.2) is 76.0 Å². The summed E-state index contributed by atoms with van der Waals surface area (Å²) in [7, 11) is 0. The molecule has 23 heavy (non-hydrogen) atoms. The van der Waals surface area contributed by atoms with Crippen molar-refractivity contribution in [1.29, 1.82) is 0 Å². The summed E-state index contributed by atoms with van der Waals surface area (Å²) in [4.78, 5) is 13.3. The van der Waals surface area contributed by atoms with E-state index in [0.717, 1.165) is 10.7 Å². The fraction of sp³-hybridized carbons (Fsp3) is 0.0556. The van der Waals surface area contributed by atoms with Crippen molar-refractivity contribution in [2.45, 2.75) is 10.6 Å². The number of nitrogens with one attached hydrogen (secondary N) is 1. The Morgan fingerprint density at radius 2 is 1.74 bits per heavy atom. The molecule has 1 N–H and O–H groups in total. The van der Waals surface area contributed by atoms with E-state index in [-0.39, 0.29) is 5.91 Å². The zero-order valence-electron chi connectivity index (χ0n) is 12.2. The number of halogens is 1. The average molecular weight is 344 g/mol. The maximum atomic E-state index is 12.1. The minimum atomic E-state index is -0.275. The normalized spacial score (nSPS) is 10.5. The van der Waals surface area contributed by atoms with Crippen LogP contribution >= 0.6 is 23.4 Å². The molecule has 0 spiro atoms. The largest absolute Gasteiger partial charge is 0.455 e. The zero-order chi connectivity index (χ0) is 16.1. The highest BCUT2D eigenvalue weighted by Crippen LogP contribution is 2.23. The van der Waals surface area contributed by atoms with Gasteiger partial charge in [-0.15, -0.1) is 11.8 Å². The Morgan fingerprint density at radius 1 is 1.00 bits per heavy atom. The SMILES string of the molecule is O=C(Nc1ccc(Cl)cc1)c1ccc(CSc2ccccc2)o1. The van der Waals surface area contributed by atoms with E-state index >= 15 is 0 Å². The topological polar surface area (TPSA) is 42.2 Å². The first-order chi connectivity index (χ1) is 11.2. The fourth-order valence-electron chi connectivity index (χ4n) is 1.97. The average Bonchev–Trinajstić information content (AvgIpc) is 3.05. The molecule has 0 unspecified atom stereocenters. The van der Waals surface area contributed by atoms with Gasteiger partial charge < -0.3 is 9.73 Å². The first kappa shape index (κ1) is 15.7. The minimum Gasteiger partial charge on any atom is -0.455 e. The Bertz CT molecular complexity index is 784. The molecule has 116 valence electrons. The third-order valence-corrected chi connectivity index (χ3v) is 4.40. The highest BCUT2D eigenvalue weighted by atomic mass is 35.5. The van der Waals surface area contributed by atoms with Crippen LogP contribution in [0.4, 0.5) is 5.69 Å². The molecule has 3 rings (SSSR count). The Kier molecular flexibility index (Phi) is 5.05. The van der Waals surface area contributed by atoms with Gasteiger partial charge in [-0.05, 0) is 48.5 Å². The predicted molar refractivity (Wildman–Crippen MR) is 94.1 cm³/mol. The molecule has 0 aliphatic heterocycles. The van der Waals surface area contributed by atoms with E-state index in [9.17, 15) is 4.79 Å². The van der Waals surface area contributed by atoms with Crippen molar-refractivity contribution in [3.05, 3.63) is 83.3 Å². The van der Waals surface area contributed by atoms with E-state index in [1.54, 1.807) is 42.1 Å². The zero-order valence-corrected chi connectivity index (χ0v) is 13.7. The summed E-state index contributed by atoms with van der Waals surface area (Å²) in [5.41, 5.74) is 0.677. The third-order valence-electron chi connectivity index (χ3n) is 3.11. The molecule has 1 heterocycles. The molecule has 3 nitrogen and oxygen atoms in total. The molecule has 0 radical (unpaired) electrons. The third kappa shape index (κ3) is 4.41. The van der Waals surface area contributed by atoms with Crippen LogP contribution in [0, 0.1) is 0 Å². The second-order valence-corrected chi connectivity index (χ2v) is 6.31. The molecule has 0 aliphatic carbocycles. The Hall–Kier alpha value is -2.17. The molecule has 0 atom stereocenters. The minimum absolute atomic E-state index is 0.275. The van der Waals surface area contributed by atoms with Gasteiger partial charge in [-0.2, -0.15) is 0 Å². The number of carbonyl (C=O) groups is 1. The van der Waals surface area contributed by atoms with E-state index in [0.29, 0.717) is 22.2 Å². The van der Waals surface area contributed by atoms with Gasteiger partial charge in [0.2, 0.25) is 0 Å². The lowest BCUT2D eigenvalue weighted by Gasteiger charge is -2.03. The van der Waals surface area contributed by atoms with Crippen molar-refractivity contribution in [2.75, 3.05) is 5.32 Å². The van der Waals surface area contributed by atoms with Crippen molar-refractivity contribution in [3.63, 3.8) is 0 Å². The summed E-state index contributed by atoms with van der Waals surface area (Å²) >= 11 is 7.48. The van der Waals surface area contributed by atoms with Crippen molar-refractivity contribution in [1.82, 2.24) is 0 Å². The molecule has 1 amide bonds. The Balaban J connectivity index is 1.59. The smallest absolute Gasteiger partial charge is 0.291 e. The number of amides is 1. The quantitative estimate of drug-likeness (QED) is 0.624. The van der Waals surface area contributed by atoms with Crippen LogP contribution in [-0.2, 0) is 5.75 Å². The Morgan fingerprint density at radius 3 is 2.48 bits per heavy atom. The maximum Gasteiger partial charge on any atom is 0.291 e. The molecular formula is C18H14ClNO2S. The molecule has 0 fully saturated rings. The van der Waals surface area contributed by atoms with Gasteiger partial charge in [-0.3, -0.25) is 4.79 Å². The lowest BCUT2D eigenvalue weighted by atomic mass is 10.3. The van der Waals surface area contributed by atoms with Gasteiger partial charge in [-0.1, -0.05) is 29.8 Å². The molecular weight excluding hydrogens is 330 g/mol. The maximum absolute atomic E-state index is 12.1. The summed E-state index contributed by atoms with van der Waals surface area (Å²) in [6, 6.07) is 20.5. The molecule has 2 aromatic carbocycles. The molecule has 0 aliphatic rings. The van der Waals surface area contributed by atoms with Crippen LogP contribution in [0.25, 0.3) is 0 Å². The van der Waals surface area contributed by atoms with Gasteiger partial charge in [-0.25, -0.2) is 0 Å². The van der Waals surface area contributed by atoms with Gasteiger partial charge in [0.25, 0.3) is 5.91 Å². The standard InChI is InChI=1S/C18H14ClNO2S/c19-13-6-8-14(9-7-13)20-18(21)17-11-10-15(22-17)12-23-16-4-2-1-3-5-16/h1-11H,12H2,(H,20,21). The molecule has 0 saturated heterocycles. The number of thioether (sulfide) groups is 1. The summed E-state index contributed by atoms with van der Waals surface area (Å²) in [6.07, 6.45) is 0. The summed E-state index contributed by atoms with van der Waals surface area (Å²) in [5, 5.41) is 3.40. The van der Waals surface area contributed by atoms with Crippen LogP contribution < -0.4 is 5.32 Å². The Labute approximate surface area is 143 Å². The summed E-state index contributed by atoms with van der Waals surface area (Å²) in [6.45, 7) is 0. The second-order valence-electron chi connectivity index (χ2n) is 4.83. The first-order valence-electron chi connectivity index (χ1n) is 7.04. The van der Waals surface area contributed by atoms with E-state index in [1.165, 1.54) is 0 Å². The van der Waals surface area contributed by atoms with Crippen LogP contribution in [-0.4, -0.2) is 5.91 Å². The first-order valence-corrected chi connectivity index (χ1v) is 8.40. The monoisotopic (exact) mass is 343 g/mol. The van der Waals surface area contributed by atoms with E-state index < -0.39 is 0 Å². The van der Waals surface area contributed by atoms with Crippen molar-refractivity contribution >= 4 is 35.0 Å². The predicted octanol–water partition coefficient (Wildman–Crippen LogP) is 5.48. The molecule has 1 aromatic heterocycles. The molecule has 0 saturated carbocycles. The number of furan rings is 1. The van der Waals surface area contributed by atoms with E-state index in [4.69, 9.17) is 16.0 Å².